The van der Waals surface area contributed by atoms with Crippen molar-refractivity contribution >= 4 is 30.8 Å². The molecular formula is C37H47N3O6Si. The Morgan fingerprint density at radius 3 is 2.51 bits per heavy atom. The maximum Gasteiger partial charge on any atom is 0.240 e. The van der Waals surface area contributed by atoms with Crippen LogP contribution in [0.15, 0.2) is 66.7 Å². The number of ether oxygens (including phenoxy) is 3. The third-order valence-electron chi connectivity index (χ3n) is 10.7. The molecule has 3 aromatic rings. The van der Waals surface area contributed by atoms with Gasteiger partial charge in [0.25, 0.3) is 0 Å². The number of carbonyl (C=O) groups is 2. The number of aliphatic hydroxyl groups excluding tert-OH is 1. The van der Waals surface area contributed by atoms with Crippen molar-refractivity contribution < 1.29 is 28.9 Å². The first-order valence-electron chi connectivity index (χ1n) is 16.6. The Balaban J connectivity index is 1.36. The van der Waals surface area contributed by atoms with Crippen LogP contribution in [0.1, 0.15) is 36.1 Å². The maximum atomic E-state index is 14.5. The van der Waals surface area contributed by atoms with Crippen molar-refractivity contribution in [1.82, 2.24) is 10.2 Å². The summed E-state index contributed by atoms with van der Waals surface area (Å²) in [6.07, 6.45) is 0.330. The van der Waals surface area contributed by atoms with E-state index in [9.17, 15) is 14.7 Å². The smallest absolute Gasteiger partial charge is 0.240 e. The summed E-state index contributed by atoms with van der Waals surface area (Å²) in [5.41, 5.74) is 3.96. The Hall–Kier alpha value is -3.70. The molecule has 47 heavy (non-hydrogen) atoms. The van der Waals surface area contributed by atoms with Gasteiger partial charge in [0.15, 0.2) is 0 Å². The first-order chi connectivity index (χ1) is 22.7. The van der Waals surface area contributed by atoms with Gasteiger partial charge in [-0.1, -0.05) is 61.6 Å². The number of amides is 2. The highest BCUT2D eigenvalue weighted by Gasteiger charge is 2.49. The standard InChI is InChI=1S/C37H47N3O6Si/c1-24-36(45-3)31-19-27(39-17-16-38-21-35(39)43)10-15-32(31)46-37(24)33(47(4,5)30-13-11-29(44-2)12-14-30)20-34(42)40-22-26-9-7-6-8-25(26)18-28(40)23-41/h6-15,19,24,28,33,36-38,41H,16-18,20-23H2,1-5H3/t24-,28+,33?,36-,37-/m1/s1. The average molecular weight is 658 g/mol. The molecule has 10 heteroatoms. The maximum absolute atomic E-state index is 14.5. The molecule has 3 aromatic carbocycles. The quantitative estimate of drug-likeness (QED) is 0.335. The lowest BCUT2D eigenvalue weighted by molar-refractivity contribution is -0.136. The second kappa shape index (κ2) is 13.8. The number of benzene rings is 3. The van der Waals surface area contributed by atoms with E-state index in [-0.39, 0.29) is 54.6 Å². The van der Waals surface area contributed by atoms with Crippen LogP contribution in [0.4, 0.5) is 5.69 Å². The van der Waals surface area contributed by atoms with Gasteiger partial charge in [-0.2, -0.15) is 0 Å². The minimum Gasteiger partial charge on any atom is -0.497 e. The summed E-state index contributed by atoms with van der Waals surface area (Å²) in [6, 6.07) is 22.1. The molecule has 9 nitrogen and oxygen atoms in total. The zero-order valence-electron chi connectivity index (χ0n) is 28.1. The fourth-order valence-corrected chi connectivity index (χ4v) is 11.1. The van der Waals surface area contributed by atoms with Crippen LogP contribution in [0, 0.1) is 5.92 Å². The Kier molecular flexibility index (Phi) is 9.75. The number of fused-ring (bicyclic) bond motifs is 2. The fourth-order valence-electron chi connectivity index (χ4n) is 7.78. The van der Waals surface area contributed by atoms with Gasteiger partial charge >= 0.3 is 0 Å². The van der Waals surface area contributed by atoms with E-state index in [2.05, 4.69) is 49.6 Å². The summed E-state index contributed by atoms with van der Waals surface area (Å²) in [7, 11) is 0.965. The third kappa shape index (κ3) is 6.44. The van der Waals surface area contributed by atoms with Crippen LogP contribution in [-0.4, -0.2) is 82.5 Å². The number of aliphatic hydroxyl groups is 1. The molecule has 0 aliphatic carbocycles. The Bertz CT molecular complexity index is 1600. The topological polar surface area (TPSA) is 101 Å². The second-order valence-corrected chi connectivity index (χ2v) is 18.4. The molecule has 1 saturated heterocycles. The molecule has 0 radical (unpaired) electrons. The van der Waals surface area contributed by atoms with E-state index >= 15 is 0 Å². The highest BCUT2D eigenvalue weighted by atomic mass is 28.3. The number of anilines is 1. The van der Waals surface area contributed by atoms with Crippen molar-refractivity contribution in [3.8, 4) is 11.5 Å². The van der Waals surface area contributed by atoms with Crippen molar-refractivity contribution in [3.05, 3.63) is 83.4 Å². The molecule has 3 heterocycles. The van der Waals surface area contributed by atoms with Gasteiger partial charge < -0.3 is 34.4 Å². The molecule has 6 rings (SSSR count). The SMILES string of the molecule is COc1ccc([Si](C)(C)C(CC(=O)N2Cc3ccccc3C[C@H]2CO)[C@@H]2Oc3ccc(N4CCNCC4=O)cc3[C@H](OC)[C@H]2C)cc1. The van der Waals surface area contributed by atoms with Crippen molar-refractivity contribution in [2.45, 2.75) is 63.2 Å². The summed E-state index contributed by atoms with van der Waals surface area (Å²) < 4.78 is 18.6. The normalized spacial score (nSPS) is 23.4. The molecule has 250 valence electrons. The van der Waals surface area contributed by atoms with E-state index in [4.69, 9.17) is 14.2 Å². The number of nitrogens with one attached hydrogen (secondary N) is 1. The van der Waals surface area contributed by atoms with Crippen LogP contribution < -0.4 is 24.9 Å². The molecule has 0 saturated carbocycles. The largest absolute Gasteiger partial charge is 0.497 e. The molecule has 0 bridgehead atoms. The summed E-state index contributed by atoms with van der Waals surface area (Å²) in [4.78, 5) is 30.8. The van der Waals surface area contributed by atoms with Gasteiger partial charge in [0.05, 0.1) is 40.5 Å². The number of methoxy groups -OCH3 is 2. The molecule has 1 unspecified atom stereocenters. The second-order valence-electron chi connectivity index (χ2n) is 13.6. The summed E-state index contributed by atoms with van der Waals surface area (Å²) in [6.45, 7) is 8.84. The van der Waals surface area contributed by atoms with Gasteiger partial charge in [-0.25, -0.2) is 0 Å². The highest BCUT2D eigenvalue weighted by Crippen LogP contribution is 2.48. The molecular weight excluding hydrogens is 611 g/mol. The van der Waals surface area contributed by atoms with Gasteiger partial charge in [0.1, 0.15) is 17.6 Å². The van der Waals surface area contributed by atoms with Crippen LogP contribution in [0.3, 0.4) is 0 Å². The van der Waals surface area contributed by atoms with Crippen LogP contribution in [0.5, 0.6) is 11.5 Å². The Morgan fingerprint density at radius 2 is 1.83 bits per heavy atom. The first kappa shape index (κ1) is 33.2. The predicted octanol–water partition coefficient (Wildman–Crippen LogP) is 4.04. The lowest BCUT2D eigenvalue weighted by Crippen LogP contribution is -2.56. The highest BCUT2D eigenvalue weighted by molar-refractivity contribution is 6.91. The van der Waals surface area contributed by atoms with Crippen LogP contribution in [0.2, 0.25) is 18.6 Å². The molecule has 5 atom stereocenters. The monoisotopic (exact) mass is 657 g/mol. The van der Waals surface area contributed by atoms with E-state index in [1.54, 1.807) is 14.2 Å². The van der Waals surface area contributed by atoms with Gasteiger partial charge in [-0.05, 0) is 47.9 Å². The van der Waals surface area contributed by atoms with Crippen molar-refractivity contribution in [3.63, 3.8) is 0 Å². The van der Waals surface area contributed by atoms with Gasteiger partial charge in [-0.3, -0.25) is 9.59 Å². The van der Waals surface area contributed by atoms with E-state index in [1.807, 2.05) is 52.3 Å². The lowest BCUT2D eigenvalue weighted by atomic mass is 9.86. The van der Waals surface area contributed by atoms with E-state index in [0.717, 1.165) is 34.9 Å². The molecule has 3 aliphatic heterocycles. The van der Waals surface area contributed by atoms with E-state index in [1.165, 1.54) is 10.8 Å². The van der Waals surface area contributed by atoms with Gasteiger partial charge in [-0.15, -0.1) is 0 Å². The molecule has 1 fully saturated rings. The minimum atomic E-state index is -2.42. The number of carbonyl (C=O) groups excluding carboxylic acids is 2. The predicted molar refractivity (Wildman–Crippen MR) is 185 cm³/mol. The van der Waals surface area contributed by atoms with E-state index in [0.29, 0.717) is 26.1 Å². The number of rotatable bonds is 9. The summed E-state index contributed by atoms with van der Waals surface area (Å²) in [5.74, 6) is 1.50. The number of piperazine rings is 1. The minimum absolute atomic E-state index is 0.0285. The van der Waals surface area contributed by atoms with E-state index < -0.39 is 8.07 Å². The lowest BCUT2D eigenvalue weighted by Gasteiger charge is -2.46. The molecule has 2 amide bonds. The van der Waals surface area contributed by atoms with Crippen molar-refractivity contribution in [2.24, 2.45) is 5.92 Å². The van der Waals surface area contributed by atoms with Gasteiger partial charge in [0.2, 0.25) is 11.8 Å². The third-order valence-corrected chi connectivity index (χ3v) is 14.9. The zero-order valence-corrected chi connectivity index (χ0v) is 29.1. The molecule has 3 aliphatic rings. The van der Waals surface area contributed by atoms with Crippen LogP contribution in [0.25, 0.3) is 0 Å². The molecule has 0 aromatic heterocycles. The molecule has 0 spiro atoms. The van der Waals surface area contributed by atoms with Crippen LogP contribution >= 0.6 is 0 Å². The average Bonchev–Trinajstić information content (AvgIpc) is 3.09. The van der Waals surface area contributed by atoms with Gasteiger partial charge in [0, 0.05) is 55.9 Å². The molecule has 2 N–H and O–H groups in total. The first-order valence-corrected chi connectivity index (χ1v) is 19.7. The summed E-state index contributed by atoms with van der Waals surface area (Å²) >= 11 is 0. The zero-order chi connectivity index (χ0) is 33.3. The number of hydrogen-bond acceptors (Lipinski definition) is 7. The summed E-state index contributed by atoms with van der Waals surface area (Å²) in [5, 5.41) is 14.7. The van der Waals surface area contributed by atoms with Crippen LogP contribution in [-0.2, 0) is 27.3 Å². The van der Waals surface area contributed by atoms with Crippen molar-refractivity contribution in [1.29, 1.82) is 0 Å². The Morgan fingerprint density at radius 1 is 1.09 bits per heavy atom. The number of hydrogen-bond donors (Lipinski definition) is 2. The fraction of sp³-hybridized carbons (Fsp3) is 0.459. The Labute approximate surface area is 278 Å². The van der Waals surface area contributed by atoms with Crippen molar-refractivity contribution in [2.75, 3.05) is 45.4 Å². The number of nitrogens with zero attached hydrogens (tertiary/aromatic N) is 2.